The second kappa shape index (κ2) is 3.42. The van der Waals surface area contributed by atoms with Crippen LogP contribution < -0.4 is 4.90 Å². The van der Waals surface area contributed by atoms with Crippen LogP contribution in [-0.2, 0) is 4.79 Å². The summed E-state index contributed by atoms with van der Waals surface area (Å²) < 4.78 is 0. The SMILES string of the molecule is Cc1ccc2c(n1)C(=O)C(C#N)C(=O)N2C. The Balaban J connectivity index is 2.65. The van der Waals surface area contributed by atoms with Crippen molar-refractivity contribution >= 4 is 17.4 Å². The average molecular weight is 215 g/mol. The number of ketones is 1. The molecule has 1 unspecified atom stereocenters. The van der Waals surface area contributed by atoms with Crippen LogP contribution in [0.4, 0.5) is 5.69 Å². The van der Waals surface area contributed by atoms with Gasteiger partial charge in [0.2, 0.25) is 5.78 Å². The molecule has 2 heterocycles. The van der Waals surface area contributed by atoms with Gasteiger partial charge in [-0.3, -0.25) is 9.59 Å². The van der Waals surface area contributed by atoms with Gasteiger partial charge in [0, 0.05) is 12.7 Å². The highest BCUT2D eigenvalue weighted by molar-refractivity contribution is 6.22. The molecule has 80 valence electrons. The van der Waals surface area contributed by atoms with Crippen LogP contribution in [0.15, 0.2) is 12.1 Å². The van der Waals surface area contributed by atoms with Gasteiger partial charge in [0.1, 0.15) is 5.69 Å². The number of nitriles is 1. The molecular weight excluding hydrogens is 206 g/mol. The fourth-order valence-electron chi connectivity index (χ4n) is 1.68. The maximum atomic E-state index is 11.8. The lowest BCUT2D eigenvalue weighted by molar-refractivity contribution is -0.119. The van der Waals surface area contributed by atoms with Gasteiger partial charge in [-0.25, -0.2) is 4.98 Å². The van der Waals surface area contributed by atoms with E-state index >= 15 is 0 Å². The summed E-state index contributed by atoms with van der Waals surface area (Å²) in [6.07, 6.45) is 0. The number of anilines is 1. The van der Waals surface area contributed by atoms with E-state index in [4.69, 9.17) is 5.26 Å². The monoisotopic (exact) mass is 215 g/mol. The van der Waals surface area contributed by atoms with Crippen LogP contribution in [0.5, 0.6) is 0 Å². The second-order valence-electron chi connectivity index (χ2n) is 3.64. The molecule has 1 aromatic rings. The van der Waals surface area contributed by atoms with Crippen LogP contribution in [0, 0.1) is 24.2 Å². The first-order valence-corrected chi connectivity index (χ1v) is 4.75. The molecule has 0 spiro atoms. The molecule has 5 nitrogen and oxygen atoms in total. The van der Waals surface area contributed by atoms with E-state index in [2.05, 4.69) is 4.98 Å². The van der Waals surface area contributed by atoms with E-state index in [9.17, 15) is 9.59 Å². The fourth-order valence-corrected chi connectivity index (χ4v) is 1.68. The van der Waals surface area contributed by atoms with E-state index in [1.54, 1.807) is 25.1 Å². The summed E-state index contributed by atoms with van der Waals surface area (Å²) in [5.74, 6) is -2.26. The van der Waals surface area contributed by atoms with Crippen molar-refractivity contribution < 1.29 is 9.59 Å². The Bertz CT molecular complexity index is 531. The number of Topliss-reactive ketones (excluding diaryl/α,β-unsaturated/α-hetero) is 1. The zero-order valence-corrected chi connectivity index (χ0v) is 8.89. The molecule has 0 N–H and O–H groups in total. The molecule has 0 aromatic carbocycles. The molecule has 1 amide bonds. The first kappa shape index (κ1) is 10.3. The Morgan fingerprint density at radius 2 is 2.12 bits per heavy atom. The summed E-state index contributed by atoms with van der Waals surface area (Å²) in [7, 11) is 1.54. The fraction of sp³-hybridized carbons (Fsp3) is 0.273. The summed E-state index contributed by atoms with van der Waals surface area (Å²) in [6.45, 7) is 1.76. The van der Waals surface area contributed by atoms with E-state index in [1.165, 1.54) is 11.9 Å². The van der Waals surface area contributed by atoms with Crippen molar-refractivity contribution in [1.29, 1.82) is 5.26 Å². The van der Waals surface area contributed by atoms with E-state index in [0.29, 0.717) is 11.4 Å². The predicted octanol–water partition coefficient (Wildman–Crippen LogP) is 0.689. The number of nitrogens with zero attached hydrogens (tertiary/aromatic N) is 3. The highest BCUT2D eigenvalue weighted by atomic mass is 16.2. The first-order valence-electron chi connectivity index (χ1n) is 4.75. The van der Waals surface area contributed by atoms with Crippen LogP contribution >= 0.6 is 0 Å². The standard InChI is InChI=1S/C11H9N3O2/c1-6-3-4-8-9(13-6)10(15)7(5-12)11(16)14(8)2/h3-4,7H,1-2H3. The number of aryl methyl sites for hydroxylation is 1. The minimum atomic E-state index is -1.26. The molecule has 5 heteroatoms. The Morgan fingerprint density at radius 1 is 1.44 bits per heavy atom. The lowest BCUT2D eigenvalue weighted by Crippen LogP contribution is -2.42. The maximum Gasteiger partial charge on any atom is 0.252 e. The molecular formula is C11H9N3O2. The molecule has 1 aliphatic heterocycles. The van der Waals surface area contributed by atoms with Crippen LogP contribution in [0.25, 0.3) is 0 Å². The first-order chi connectivity index (χ1) is 7.56. The Morgan fingerprint density at radius 3 is 2.75 bits per heavy atom. The Labute approximate surface area is 92.3 Å². The minimum absolute atomic E-state index is 0.202. The van der Waals surface area contributed by atoms with Gasteiger partial charge < -0.3 is 4.90 Å². The van der Waals surface area contributed by atoms with Gasteiger partial charge in [-0.15, -0.1) is 0 Å². The van der Waals surface area contributed by atoms with Crippen molar-refractivity contribution in [3.05, 3.63) is 23.5 Å². The number of amides is 1. The summed E-state index contributed by atoms with van der Waals surface area (Å²) >= 11 is 0. The van der Waals surface area contributed by atoms with Crippen LogP contribution in [0.3, 0.4) is 0 Å². The second-order valence-corrected chi connectivity index (χ2v) is 3.64. The van der Waals surface area contributed by atoms with Gasteiger partial charge in [-0.2, -0.15) is 5.26 Å². The summed E-state index contributed by atoms with van der Waals surface area (Å²) in [5.41, 5.74) is 1.35. The number of carbonyl (C=O) groups excluding carboxylic acids is 2. The topological polar surface area (TPSA) is 74.1 Å². The van der Waals surface area contributed by atoms with E-state index in [-0.39, 0.29) is 5.69 Å². The lowest BCUT2D eigenvalue weighted by Gasteiger charge is -2.26. The molecule has 1 atom stereocenters. The van der Waals surface area contributed by atoms with Crippen molar-refractivity contribution in [3.8, 4) is 6.07 Å². The van der Waals surface area contributed by atoms with Crippen molar-refractivity contribution in [1.82, 2.24) is 4.98 Å². The third kappa shape index (κ3) is 1.27. The van der Waals surface area contributed by atoms with Gasteiger partial charge in [0.15, 0.2) is 5.92 Å². The zero-order chi connectivity index (χ0) is 11.9. The third-order valence-electron chi connectivity index (χ3n) is 2.58. The molecule has 0 fully saturated rings. The number of rotatable bonds is 0. The normalized spacial score (nSPS) is 19.3. The number of pyridine rings is 1. The highest BCUT2D eigenvalue weighted by Crippen LogP contribution is 2.27. The molecule has 0 radical (unpaired) electrons. The predicted molar refractivity (Wildman–Crippen MR) is 55.8 cm³/mol. The number of carbonyl (C=O) groups is 2. The van der Waals surface area contributed by atoms with Crippen LogP contribution in [0.1, 0.15) is 16.2 Å². The van der Waals surface area contributed by atoms with Gasteiger partial charge in [0.25, 0.3) is 5.91 Å². The minimum Gasteiger partial charge on any atom is -0.312 e. The van der Waals surface area contributed by atoms with Gasteiger partial charge >= 0.3 is 0 Å². The van der Waals surface area contributed by atoms with Crippen LogP contribution in [-0.4, -0.2) is 23.7 Å². The third-order valence-corrected chi connectivity index (χ3v) is 2.58. The quantitative estimate of drug-likeness (QED) is 0.597. The van der Waals surface area contributed by atoms with E-state index < -0.39 is 17.6 Å². The largest absolute Gasteiger partial charge is 0.312 e. The molecule has 16 heavy (non-hydrogen) atoms. The van der Waals surface area contributed by atoms with Crippen molar-refractivity contribution in [2.45, 2.75) is 6.92 Å². The maximum absolute atomic E-state index is 11.8. The molecule has 1 aliphatic rings. The van der Waals surface area contributed by atoms with Crippen molar-refractivity contribution in [3.63, 3.8) is 0 Å². The highest BCUT2D eigenvalue weighted by Gasteiger charge is 2.38. The number of hydrogen-bond donors (Lipinski definition) is 0. The number of hydrogen-bond acceptors (Lipinski definition) is 4. The van der Waals surface area contributed by atoms with Crippen LogP contribution in [0.2, 0.25) is 0 Å². The lowest BCUT2D eigenvalue weighted by atomic mass is 9.95. The van der Waals surface area contributed by atoms with Crippen molar-refractivity contribution in [2.24, 2.45) is 5.92 Å². The summed E-state index contributed by atoms with van der Waals surface area (Å²) in [4.78, 5) is 28.9. The summed E-state index contributed by atoms with van der Waals surface area (Å²) in [5, 5.41) is 8.80. The van der Waals surface area contributed by atoms with E-state index in [0.717, 1.165) is 0 Å². The molecule has 0 saturated heterocycles. The molecule has 1 aromatic heterocycles. The molecule has 0 aliphatic carbocycles. The molecule has 2 rings (SSSR count). The smallest absolute Gasteiger partial charge is 0.252 e. The average Bonchev–Trinajstić information content (AvgIpc) is 2.27. The van der Waals surface area contributed by atoms with Crippen molar-refractivity contribution in [2.75, 3.05) is 11.9 Å². The Kier molecular flexibility index (Phi) is 2.20. The van der Waals surface area contributed by atoms with E-state index in [1.807, 2.05) is 0 Å². The summed E-state index contributed by atoms with van der Waals surface area (Å²) in [6, 6.07) is 5.11. The Hall–Kier alpha value is -2.22. The van der Waals surface area contributed by atoms with Gasteiger partial charge in [-0.05, 0) is 19.1 Å². The number of fused-ring (bicyclic) bond motifs is 1. The molecule has 0 saturated carbocycles. The molecule has 0 bridgehead atoms. The van der Waals surface area contributed by atoms with Gasteiger partial charge in [0.05, 0.1) is 11.8 Å². The van der Waals surface area contributed by atoms with Gasteiger partial charge in [-0.1, -0.05) is 0 Å². The zero-order valence-electron chi connectivity index (χ0n) is 8.89. The number of aromatic nitrogens is 1.